The molecule has 2 aromatic rings. The molecule has 6 nitrogen and oxygen atoms in total. The van der Waals surface area contributed by atoms with Crippen LogP contribution < -0.4 is 11.0 Å². The second-order valence-electron chi connectivity index (χ2n) is 6.20. The Labute approximate surface area is 149 Å². The third-order valence-corrected chi connectivity index (χ3v) is 4.80. The first-order chi connectivity index (χ1) is 12.0. The van der Waals surface area contributed by atoms with Crippen molar-refractivity contribution in [3.05, 3.63) is 34.2 Å². The Bertz CT molecular complexity index is 854. The number of aryl methyl sites for hydroxylation is 1. The summed E-state index contributed by atoms with van der Waals surface area (Å²) in [5, 5.41) is 2.33. The number of para-hydroxylation sites is 1. The largest absolute Gasteiger partial charge is 0.329 e. The number of rotatable bonds is 3. The molecule has 138 valence electrons. The summed E-state index contributed by atoms with van der Waals surface area (Å²) in [7, 11) is 1.74. The molecule has 2 amide bonds. The maximum atomic E-state index is 12.7. The number of hydrogen-bond donors (Lipinski definition) is 1. The lowest BCUT2D eigenvalue weighted by molar-refractivity contribution is -0.135. The maximum Gasteiger partial charge on any atom is 0.329 e. The zero-order chi connectivity index (χ0) is 18.7. The van der Waals surface area contributed by atoms with Crippen LogP contribution in [0, 0.1) is 0 Å². The van der Waals surface area contributed by atoms with Crippen LogP contribution in [0.1, 0.15) is 65.9 Å². The molecule has 1 aliphatic rings. The molecule has 2 unspecified atom stereocenters. The molecule has 6 heteroatoms. The van der Waals surface area contributed by atoms with E-state index in [4.69, 9.17) is 0 Å². The van der Waals surface area contributed by atoms with E-state index in [2.05, 4.69) is 19.2 Å². The van der Waals surface area contributed by atoms with E-state index in [1.165, 1.54) is 4.57 Å². The predicted molar refractivity (Wildman–Crippen MR) is 101 cm³/mol. The molecule has 25 heavy (non-hydrogen) atoms. The molecule has 0 bridgehead atoms. The predicted octanol–water partition coefficient (Wildman–Crippen LogP) is 3.10. The molecule has 1 aromatic heterocycles. The minimum Gasteiger partial charge on any atom is -0.295 e. The SMILES string of the molecule is CC.CCC(C)c1cccc2c1n(C)c(=O)n2C1CCC(=O)NC1=O.[HH]. The van der Waals surface area contributed by atoms with Gasteiger partial charge >= 0.3 is 5.69 Å². The number of carbonyl (C=O) groups is 2. The fourth-order valence-electron chi connectivity index (χ4n) is 3.32. The van der Waals surface area contributed by atoms with Crippen molar-refractivity contribution in [2.75, 3.05) is 0 Å². The second kappa shape index (κ2) is 7.68. The fourth-order valence-corrected chi connectivity index (χ4v) is 3.32. The van der Waals surface area contributed by atoms with Gasteiger partial charge < -0.3 is 0 Å². The monoisotopic (exact) mass is 347 g/mol. The first-order valence-electron chi connectivity index (χ1n) is 8.99. The minimum atomic E-state index is -0.629. The molecule has 3 rings (SSSR count). The van der Waals surface area contributed by atoms with Crippen molar-refractivity contribution in [3.63, 3.8) is 0 Å². The summed E-state index contributed by atoms with van der Waals surface area (Å²) in [6, 6.07) is 5.19. The lowest BCUT2D eigenvalue weighted by Crippen LogP contribution is -2.44. The van der Waals surface area contributed by atoms with Gasteiger partial charge in [0.25, 0.3) is 0 Å². The topological polar surface area (TPSA) is 73.1 Å². The molecule has 1 fully saturated rings. The number of fused-ring (bicyclic) bond motifs is 1. The van der Waals surface area contributed by atoms with E-state index in [1.54, 1.807) is 11.6 Å². The van der Waals surface area contributed by atoms with Gasteiger partial charge in [-0.05, 0) is 30.4 Å². The Morgan fingerprint density at radius 2 is 1.96 bits per heavy atom. The lowest BCUT2D eigenvalue weighted by Gasteiger charge is -2.22. The van der Waals surface area contributed by atoms with Gasteiger partial charge in [-0.25, -0.2) is 4.79 Å². The Morgan fingerprint density at radius 3 is 2.56 bits per heavy atom. The zero-order valence-corrected chi connectivity index (χ0v) is 15.6. The number of nitrogens with zero attached hydrogens (tertiary/aromatic N) is 2. The van der Waals surface area contributed by atoms with Crippen LogP contribution in [0.15, 0.2) is 23.0 Å². The van der Waals surface area contributed by atoms with E-state index in [9.17, 15) is 14.4 Å². The van der Waals surface area contributed by atoms with Crippen molar-refractivity contribution in [2.45, 2.75) is 58.9 Å². The summed E-state index contributed by atoms with van der Waals surface area (Å²) in [6.45, 7) is 8.24. The second-order valence-corrected chi connectivity index (χ2v) is 6.20. The molecular formula is C19H29N3O3. The first kappa shape index (κ1) is 19.0. The zero-order valence-electron chi connectivity index (χ0n) is 15.6. The highest BCUT2D eigenvalue weighted by molar-refractivity contribution is 6.00. The number of aromatic nitrogens is 2. The van der Waals surface area contributed by atoms with E-state index in [1.807, 2.05) is 32.0 Å². The molecule has 2 heterocycles. The number of carbonyl (C=O) groups excluding carboxylic acids is 2. The smallest absolute Gasteiger partial charge is 0.295 e. The van der Waals surface area contributed by atoms with Gasteiger partial charge in [0.05, 0.1) is 11.0 Å². The average molecular weight is 347 g/mol. The number of benzene rings is 1. The third-order valence-electron chi connectivity index (χ3n) is 4.80. The van der Waals surface area contributed by atoms with Crippen molar-refractivity contribution < 1.29 is 11.0 Å². The van der Waals surface area contributed by atoms with Crippen LogP contribution in [0.4, 0.5) is 0 Å². The number of amides is 2. The van der Waals surface area contributed by atoms with E-state index in [0.29, 0.717) is 12.3 Å². The molecule has 0 spiro atoms. The summed E-state index contributed by atoms with van der Waals surface area (Å²) in [5.41, 5.74) is 2.52. The highest BCUT2D eigenvalue weighted by Crippen LogP contribution is 2.29. The summed E-state index contributed by atoms with van der Waals surface area (Å²) in [6.07, 6.45) is 1.58. The van der Waals surface area contributed by atoms with Gasteiger partial charge in [-0.1, -0.05) is 39.8 Å². The third kappa shape index (κ3) is 3.25. The minimum absolute atomic E-state index is 0. The standard InChI is InChI=1S/C17H21N3O3.C2H6.H2/c1-4-10(2)11-6-5-7-12-15(11)19(3)17(23)20(12)13-8-9-14(21)18-16(13)22;1-2;/h5-7,10,13H,4,8-9H2,1-3H3,(H,18,21,22);1-2H3;1H. The Kier molecular flexibility index (Phi) is 5.82. The highest BCUT2D eigenvalue weighted by atomic mass is 16.2. The van der Waals surface area contributed by atoms with Crippen molar-refractivity contribution in [1.29, 1.82) is 0 Å². The quantitative estimate of drug-likeness (QED) is 0.867. The van der Waals surface area contributed by atoms with Gasteiger partial charge in [0.2, 0.25) is 11.8 Å². The van der Waals surface area contributed by atoms with E-state index in [0.717, 1.165) is 23.0 Å². The van der Waals surface area contributed by atoms with Crippen LogP contribution in [-0.2, 0) is 16.6 Å². The Hall–Kier alpha value is -2.37. The average Bonchev–Trinajstić information content (AvgIpc) is 2.87. The summed E-state index contributed by atoms with van der Waals surface area (Å²) in [5.74, 6) is -0.355. The molecule has 1 aliphatic heterocycles. The molecule has 0 aliphatic carbocycles. The molecular weight excluding hydrogens is 318 g/mol. The van der Waals surface area contributed by atoms with Crippen molar-refractivity contribution in [3.8, 4) is 0 Å². The lowest BCUT2D eigenvalue weighted by atomic mass is 9.97. The van der Waals surface area contributed by atoms with Gasteiger partial charge in [0, 0.05) is 14.9 Å². The Balaban J connectivity index is 0.00000109. The fraction of sp³-hybridized carbons (Fsp3) is 0.526. The molecule has 0 saturated carbocycles. The van der Waals surface area contributed by atoms with E-state index >= 15 is 0 Å². The molecule has 1 N–H and O–H groups in total. The van der Waals surface area contributed by atoms with E-state index in [-0.39, 0.29) is 19.4 Å². The van der Waals surface area contributed by atoms with Gasteiger partial charge in [-0.15, -0.1) is 0 Å². The van der Waals surface area contributed by atoms with Crippen LogP contribution in [-0.4, -0.2) is 20.9 Å². The van der Waals surface area contributed by atoms with Crippen molar-refractivity contribution >= 4 is 22.8 Å². The molecule has 1 aromatic carbocycles. The van der Waals surface area contributed by atoms with E-state index < -0.39 is 11.9 Å². The highest BCUT2D eigenvalue weighted by Gasteiger charge is 2.31. The summed E-state index contributed by atoms with van der Waals surface area (Å²) < 4.78 is 3.14. The number of imide groups is 1. The van der Waals surface area contributed by atoms with Gasteiger partial charge in [-0.2, -0.15) is 0 Å². The first-order valence-corrected chi connectivity index (χ1v) is 8.99. The van der Waals surface area contributed by atoms with Gasteiger partial charge in [0.15, 0.2) is 0 Å². The number of nitrogens with one attached hydrogen (secondary N) is 1. The number of hydrogen-bond acceptors (Lipinski definition) is 3. The summed E-state index contributed by atoms with van der Waals surface area (Å²) in [4.78, 5) is 36.3. The van der Waals surface area contributed by atoms with Crippen LogP contribution in [0.25, 0.3) is 11.0 Å². The number of imidazole rings is 1. The van der Waals surface area contributed by atoms with Crippen LogP contribution >= 0.6 is 0 Å². The van der Waals surface area contributed by atoms with Gasteiger partial charge in [0.1, 0.15) is 6.04 Å². The number of piperidine rings is 1. The Morgan fingerprint density at radius 1 is 1.28 bits per heavy atom. The molecule has 0 radical (unpaired) electrons. The molecule has 2 atom stereocenters. The van der Waals surface area contributed by atoms with Crippen LogP contribution in [0.5, 0.6) is 0 Å². The normalized spacial score (nSPS) is 18.5. The van der Waals surface area contributed by atoms with Gasteiger partial charge in [-0.3, -0.25) is 24.0 Å². The van der Waals surface area contributed by atoms with Crippen LogP contribution in [0.2, 0.25) is 0 Å². The maximum absolute atomic E-state index is 12.7. The van der Waals surface area contributed by atoms with Crippen molar-refractivity contribution in [2.24, 2.45) is 7.05 Å². The van der Waals surface area contributed by atoms with Crippen molar-refractivity contribution in [1.82, 2.24) is 14.5 Å². The van der Waals surface area contributed by atoms with Crippen LogP contribution in [0.3, 0.4) is 0 Å². The molecule has 1 saturated heterocycles. The summed E-state index contributed by atoms with van der Waals surface area (Å²) >= 11 is 0.